The standard InChI is InChI=1S/C17H19Cl2N3O3/c1-17(12-7-6-10(18)8-13(12)19)15(24)22(16(25)21-17)9-14(23)20-11-4-2-3-5-11/h6-8,11H,2-5,9H2,1H3,(H,20,23)(H,21,25)/t17-/m1/s1. The molecule has 0 radical (unpaired) electrons. The minimum absolute atomic E-state index is 0.130. The maximum absolute atomic E-state index is 12.8. The third-order valence-corrected chi connectivity index (χ3v) is 5.31. The predicted octanol–water partition coefficient (Wildman–Crippen LogP) is 2.82. The van der Waals surface area contributed by atoms with E-state index in [1.165, 1.54) is 6.07 Å². The van der Waals surface area contributed by atoms with E-state index in [0.29, 0.717) is 10.6 Å². The molecule has 1 aliphatic heterocycles. The molecule has 4 amide bonds. The summed E-state index contributed by atoms with van der Waals surface area (Å²) in [6.45, 7) is 1.26. The van der Waals surface area contributed by atoms with Crippen LogP contribution in [0.2, 0.25) is 10.0 Å². The van der Waals surface area contributed by atoms with Gasteiger partial charge >= 0.3 is 6.03 Å². The Balaban J connectivity index is 1.76. The number of halogens is 2. The minimum Gasteiger partial charge on any atom is -0.352 e. The molecule has 1 aromatic rings. The van der Waals surface area contributed by atoms with Gasteiger partial charge in [0.05, 0.1) is 0 Å². The normalized spacial score (nSPS) is 23.9. The first-order chi connectivity index (χ1) is 11.8. The molecule has 2 aliphatic rings. The smallest absolute Gasteiger partial charge is 0.325 e. The topological polar surface area (TPSA) is 78.5 Å². The highest BCUT2D eigenvalue weighted by molar-refractivity contribution is 6.35. The molecule has 6 nitrogen and oxygen atoms in total. The number of benzene rings is 1. The van der Waals surface area contributed by atoms with Gasteiger partial charge in [-0.2, -0.15) is 0 Å². The van der Waals surface area contributed by atoms with Gasteiger partial charge in [0.25, 0.3) is 5.91 Å². The van der Waals surface area contributed by atoms with Gasteiger partial charge < -0.3 is 10.6 Å². The van der Waals surface area contributed by atoms with Gasteiger partial charge in [-0.05, 0) is 31.9 Å². The van der Waals surface area contributed by atoms with Crippen molar-refractivity contribution in [3.63, 3.8) is 0 Å². The second kappa shape index (κ2) is 6.84. The Kier molecular flexibility index (Phi) is 4.93. The van der Waals surface area contributed by atoms with Gasteiger partial charge in [-0.25, -0.2) is 4.79 Å². The van der Waals surface area contributed by atoms with Crippen molar-refractivity contribution in [1.82, 2.24) is 15.5 Å². The van der Waals surface area contributed by atoms with E-state index in [-0.39, 0.29) is 23.5 Å². The van der Waals surface area contributed by atoms with Crippen molar-refractivity contribution in [3.8, 4) is 0 Å². The van der Waals surface area contributed by atoms with Gasteiger partial charge in [0, 0.05) is 21.7 Å². The van der Waals surface area contributed by atoms with Crippen LogP contribution in [0.5, 0.6) is 0 Å². The first-order valence-electron chi connectivity index (χ1n) is 8.20. The molecule has 1 aromatic carbocycles. The number of nitrogens with one attached hydrogen (secondary N) is 2. The average molecular weight is 384 g/mol. The van der Waals surface area contributed by atoms with E-state index >= 15 is 0 Å². The van der Waals surface area contributed by atoms with Crippen LogP contribution in [0.1, 0.15) is 38.2 Å². The highest BCUT2D eigenvalue weighted by atomic mass is 35.5. The van der Waals surface area contributed by atoms with Crippen LogP contribution < -0.4 is 10.6 Å². The Morgan fingerprint density at radius 2 is 2.00 bits per heavy atom. The van der Waals surface area contributed by atoms with Crippen molar-refractivity contribution in [1.29, 1.82) is 0 Å². The van der Waals surface area contributed by atoms with E-state index in [4.69, 9.17) is 23.2 Å². The van der Waals surface area contributed by atoms with E-state index in [1.807, 2.05) is 0 Å². The first-order valence-corrected chi connectivity index (χ1v) is 8.96. The van der Waals surface area contributed by atoms with Gasteiger partial charge in [-0.3, -0.25) is 14.5 Å². The number of hydrogen-bond donors (Lipinski definition) is 2. The monoisotopic (exact) mass is 383 g/mol. The summed E-state index contributed by atoms with van der Waals surface area (Å²) in [4.78, 5) is 38.2. The summed E-state index contributed by atoms with van der Waals surface area (Å²) < 4.78 is 0. The molecule has 134 valence electrons. The Hall–Kier alpha value is -1.79. The number of carbonyl (C=O) groups is 3. The molecule has 0 spiro atoms. The summed E-state index contributed by atoms with van der Waals surface area (Å²) in [5.74, 6) is -0.842. The summed E-state index contributed by atoms with van der Waals surface area (Å²) in [5, 5.41) is 6.22. The van der Waals surface area contributed by atoms with Crippen molar-refractivity contribution in [2.75, 3.05) is 6.54 Å². The van der Waals surface area contributed by atoms with Gasteiger partial charge in [0.1, 0.15) is 12.1 Å². The number of rotatable bonds is 4. The lowest BCUT2D eigenvalue weighted by molar-refractivity contribution is -0.135. The SMILES string of the molecule is C[C@]1(c2ccc(Cl)cc2Cl)NC(=O)N(CC(=O)NC2CCCC2)C1=O. The zero-order chi connectivity index (χ0) is 18.2. The molecule has 8 heteroatoms. The molecule has 0 unspecified atom stereocenters. The molecule has 1 saturated carbocycles. The van der Waals surface area contributed by atoms with Crippen molar-refractivity contribution in [2.45, 2.75) is 44.2 Å². The molecule has 1 heterocycles. The number of hydrogen-bond acceptors (Lipinski definition) is 3. The van der Waals surface area contributed by atoms with E-state index in [9.17, 15) is 14.4 Å². The zero-order valence-corrected chi connectivity index (χ0v) is 15.3. The summed E-state index contributed by atoms with van der Waals surface area (Å²) in [7, 11) is 0. The largest absolute Gasteiger partial charge is 0.352 e. The summed E-state index contributed by atoms with van der Waals surface area (Å²) in [6.07, 6.45) is 4.04. The Morgan fingerprint density at radius 1 is 1.32 bits per heavy atom. The fraction of sp³-hybridized carbons (Fsp3) is 0.471. The quantitative estimate of drug-likeness (QED) is 0.784. The lowest BCUT2D eigenvalue weighted by Gasteiger charge is -2.23. The van der Waals surface area contributed by atoms with Gasteiger partial charge in [0.2, 0.25) is 5.91 Å². The molecular weight excluding hydrogens is 365 g/mol. The number of imide groups is 1. The van der Waals surface area contributed by atoms with Crippen LogP contribution in [-0.4, -0.2) is 35.3 Å². The van der Waals surface area contributed by atoms with Crippen molar-refractivity contribution < 1.29 is 14.4 Å². The van der Waals surface area contributed by atoms with Gasteiger partial charge in [-0.15, -0.1) is 0 Å². The second-order valence-corrected chi connectivity index (χ2v) is 7.46. The highest BCUT2D eigenvalue weighted by Gasteiger charge is 2.50. The van der Waals surface area contributed by atoms with Crippen molar-refractivity contribution in [2.24, 2.45) is 0 Å². The van der Waals surface area contributed by atoms with Crippen LogP contribution >= 0.6 is 23.2 Å². The number of nitrogens with zero attached hydrogens (tertiary/aromatic N) is 1. The molecule has 25 heavy (non-hydrogen) atoms. The van der Waals surface area contributed by atoms with Crippen LogP contribution in [0.15, 0.2) is 18.2 Å². The average Bonchev–Trinajstić information content (AvgIpc) is 3.10. The molecule has 1 saturated heterocycles. The predicted molar refractivity (Wildman–Crippen MR) is 94.5 cm³/mol. The highest BCUT2D eigenvalue weighted by Crippen LogP contribution is 2.34. The summed E-state index contributed by atoms with van der Waals surface area (Å²) in [5.41, 5.74) is -0.887. The van der Waals surface area contributed by atoms with Gasteiger partial charge in [-0.1, -0.05) is 42.1 Å². The van der Waals surface area contributed by atoms with E-state index in [0.717, 1.165) is 30.6 Å². The van der Waals surface area contributed by atoms with Crippen LogP contribution in [0, 0.1) is 0 Å². The fourth-order valence-corrected chi connectivity index (χ4v) is 4.00. The molecule has 1 atom stereocenters. The van der Waals surface area contributed by atoms with E-state index in [2.05, 4.69) is 10.6 Å². The minimum atomic E-state index is -1.33. The van der Waals surface area contributed by atoms with Crippen LogP contribution in [0.4, 0.5) is 4.79 Å². The maximum atomic E-state index is 12.8. The lowest BCUT2D eigenvalue weighted by atomic mass is 9.92. The number of amides is 4. The Morgan fingerprint density at radius 3 is 2.64 bits per heavy atom. The number of carbonyl (C=O) groups excluding carboxylic acids is 3. The van der Waals surface area contributed by atoms with Crippen LogP contribution in [0.25, 0.3) is 0 Å². The van der Waals surface area contributed by atoms with E-state index < -0.39 is 17.5 Å². The Labute approximate surface area is 155 Å². The summed E-state index contributed by atoms with van der Waals surface area (Å²) >= 11 is 12.1. The van der Waals surface area contributed by atoms with E-state index in [1.54, 1.807) is 19.1 Å². The lowest BCUT2D eigenvalue weighted by Crippen LogP contribution is -2.45. The second-order valence-electron chi connectivity index (χ2n) is 6.62. The molecule has 0 bridgehead atoms. The molecule has 2 N–H and O–H groups in total. The van der Waals surface area contributed by atoms with Crippen LogP contribution in [-0.2, 0) is 15.1 Å². The third-order valence-electron chi connectivity index (χ3n) is 4.77. The first kappa shape index (κ1) is 18.0. The molecule has 3 rings (SSSR count). The third kappa shape index (κ3) is 3.46. The molecular formula is C17H19Cl2N3O3. The van der Waals surface area contributed by atoms with Crippen molar-refractivity contribution in [3.05, 3.63) is 33.8 Å². The molecule has 1 aliphatic carbocycles. The maximum Gasteiger partial charge on any atom is 0.325 e. The molecule has 0 aromatic heterocycles. The summed E-state index contributed by atoms with van der Waals surface area (Å²) in [6, 6.07) is 4.23. The Bertz CT molecular complexity index is 734. The number of urea groups is 1. The molecule has 2 fully saturated rings. The zero-order valence-electron chi connectivity index (χ0n) is 13.8. The van der Waals surface area contributed by atoms with Crippen LogP contribution in [0.3, 0.4) is 0 Å². The van der Waals surface area contributed by atoms with Gasteiger partial charge in [0.15, 0.2) is 0 Å². The fourth-order valence-electron chi connectivity index (χ4n) is 3.41. The van der Waals surface area contributed by atoms with Crippen molar-refractivity contribution >= 4 is 41.0 Å².